The molecule has 1 aliphatic rings. The number of carbonyl (C=O) groups is 1. The highest BCUT2D eigenvalue weighted by Crippen LogP contribution is 2.26. The lowest BCUT2D eigenvalue weighted by Gasteiger charge is -2.32. The summed E-state index contributed by atoms with van der Waals surface area (Å²) < 4.78 is 2.26. The van der Waals surface area contributed by atoms with E-state index in [0.29, 0.717) is 24.6 Å². The van der Waals surface area contributed by atoms with Crippen LogP contribution in [0, 0.1) is 6.92 Å². The Kier molecular flexibility index (Phi) is 6.60. The Bertz CT molecular complexity index is 736. The molecule has 0 aliphatic carbocycles. The zero-order valence-electron chi connectivity index (χ0n) is 16.7. The van der Waals surface area contributed by atoms with Gasteiger partial charge in [0.15, 0.2) is 5.82 Å². The lowest BCUT2D eigenvalue weighted by Crippen LogP contribution is -2.40. The van der Waals surface area contributed by atoms with Crippen LogP contribution in [0.25, 0.3) is 0 Å². The molecule has 0 unspecified atom stereocenters. The van der Waals surface area contributed by atoms with E-state index in [9.17, 15) is 4.79 Å². The Labute approximate surface area is 161 Å². The van der Waals surface area contributed by atoms with E-state index in [1.165, 1.54) is 0 Å². The smallest absolute Gasteiger partial charge is 0.223 e. The molecule has 0 spiro atoms. The molecule has 3 rings (SSSR count). The quantitative estimate of drug-likeness (QED) is 0.760. The van der Waals surface area contributed by atoms with Gasteiger partial charge in [0.2, 0.25) is 5.91 Å². The predicted octanol–water partition coefficient (Wildman–Crippen LogP) is 1.60. The fraction of sp³-hybridized carbons (Fsp3) is 0.684. The first-order chi connectivity index (χ1) is 13.0. The van der Waals surface area contributed by atoms with Gasteiger partial charge in [-0.15, -0.1) is 0 Å². The first-order valence-electron chi connectivity index (χ1n) is 9.84. The van der Waals surface area contributed by atoms with Gasteiger partial charge < -0.3 is 14.4 Å². The molecule has 3 heterocycles. The summed E-state index contributed by atoms with van der Waals surface area (Å²) in [5, 5.41) is 6.94. The minimum Gasteiger partial charge on any atom is -0.342 e. The van der Waals surface area contributed by atoms with E-state index in [-0.39, 0.29) is 5.91 Å². The SMILES string of the molecule is Cc1nc(CCC(=O)N2CCC[C@@H](c3nccn3CCCN(C)C)C2)n[nH]1. The third kappa shape index (κ3) is 5.38. The maximum Gasteiger partial charge on any atom is 0.223 e. The second kappa shape index (κ2) is 9.12. The van der Waals surface area contributed by atoms with Crippen LogP contribution in [0.1, 0.15) is 49.1 Å². The van der Waals surface area contributed by atoms with Crippen LogP contribution in [0.2, 0.25) is 0 Å². The molecular formula is C19H31N7O. The zero-order valence-corrected chi connectivity index (χ0v) is 16.7. The zero-order chi connectivity index (χ0) is 19.2. The van der Waals surface area contributed by atoms with Crippen molar-refractivity contribution in [3.05, 3.63) is 29.9 Å². The monoisotopic (exact) mass is 373 g/mol. The molecule has 148 valence electrons. The number of likely N-dealkylation sites (tertiary alicyclic amines) is 1. The molecule has 8 heteroatoms. The van der Waals surface area contributed by atoms with Crippen molar-refractivity contribution in [2.75, 3.05) is 33.7 Å². The molecule has 27 heavy (non-hydrogen) atoms. The highest BCUT2D eigenvalue weighted by molar-refractivity contribution is 5.76. The fourth-order valence-electron chi connectivity index (χ4n) is 3.72. The summed E-state index contributed by atoms with van der Waals surface area (Å²) in [6, 6.07) is 0. The highest BCUT2D eigenvalue weighted by atomic mass is 16.2. The number of aromatic nitrogens is 5. The molecule has 2 aromatic heterocycles. The van der Waals surface area contributed by atoms with Crippen LogP contribution in [-0.4, -0.2) is 74.2 Å². The van der Waals surface area contributed by atoms with Crippen molar-refractivity contribution in [1.29, 1.82) is 0 Å². The number of amides is 1. The van der Waals surface area contributed by atoms with Crippen LogP contribution in [0.4, 0.5) is 0 Å². The number of nitrogens with zero attached hydrogens (tertiary/aromatic N) is 6. The molecule has 1 amide bonds. The number of H-pyrrole nitrogens is 1. The molecule has 1 fully saturated rings. The van der Waals surface area contributed by atoms with Gasteiger partial charge in [-0.3, -0.25) is 9.89 Å². The second-order valence-corrected chi connectivity index (χ2v) is 7.65. The van der Waals surface area contributed by atoms with Crippen LogP contribution in [0.5, 0.6) is 0 Å². The predicted molar refractivity (Wildman–Crippen MR) is 103 cm³/mol. The largest absolute Gasteiger partial charge is 0.342 e. The van der Waals surface area contributed by atoms with Crippen molar-refractivity contribution in [2.45, 2.75) is 51.5 Å². The van der Waals surface area contributed by atoms with Crippen LogP contribution < -0.4 is 0 Å². The van der Waals surface area contributed by atoms with E-state index in [2.05, 4.69) is 49.9 Å². The molecule has 1 saturated heterocycles. The Balaban J connectivity index is 1.54. The average molecular weight is 374 g/mol. The number of hydrogen-bond donors (Lipinski definition) is 1. The van der Waals surface area contributed by atoms with Crippen LogP contribution >= 0.6 is 0 Å². The maximum absolute atomic E-state index is 12.7. The molecule has 8 nitrogen and oxygen atoms in total. The van der Waals surface area contributed by atoms with E-state index in [1.54, 1.807) is 0 Å². The highest BCUT2D eigenvalue weighted by Gasteiger charge is 2.27. The minimum absolute atomic E-state index is 0.188. The summed E-state index contributed by atoms with van der Waals surface area (Å²) >= 11 is 0. The molecule has 0 radical (unpaired) electrons. The number of carbonyl (C=O) groups excluding carboxylic acids is 1. The Morgan fingerprint density at radius 1 is 1.41 bits per heavy atom. The van der Waals surface area contributed by atoms with Crippen molar-refractivity contribution in [3.63, 3.8) is 0 Å². The normalized spacial score (nSPS) is 17.6. The summed E-state index contributed by atoms with van der Waals surface area (Å²) in [6.45, 7) is 5.50. The fourth-order valence-corrected chi connectivity index (χ4v) is 3.72. The number of aromatic amines is 1. The minimum atomic E-state index is 0.188. The van der Waals surface area contributed by atoms with Gasteiger partial charge in [-0.05, 0) is 46.8 Å². The standard InChI is InChI=1S/C19H31N7O/c1-15-21-17(23-22-15)7-8-18(27)26-11-4-6-16(14-26)19-20-9-13-25(19)12-5-10-24(2)3/h9,13,16H,4-8,10-12,14H2,1-3H3,(H,21,22,23)/t16-/m1/s1. The molecule has 0 bridgehead atoms. The van der Waals surface area contributed by atoms with Gasteiger partial charge in [-0.25, -0.2) is 9.97 Å². The number of piperidine rings is 1. The summed E-state index contributed by atoms with van der Waals surface area (Å²) in [5.41, 5.74) is 0. The maximum atomic E-state index is 12.7. The van der Waals surface area contributed by atoms with Crippen LogP contribution in [-0.2, 0) is 17.8 Å². The third-order valence-electron chi connectivity index (χ3n) is 5.10. The number of imidazole rings is 1. The Morgan fingerprint density at radius 3 is 3.00 bits per heavy atom. The van der Waals surface area contributed by atoms with Crippen molar-refractivity contribution in [3.8, 4) is 0 Å². The molecule has 1 atom stereocenters. The van der Waals surface area contributed by atoms with Gasteiger partial charge in [0.25, 0.3) is 0 Å². The topological polar surface area (TPSA) is 82.9 Å². The molecule has 1 N–H and O–H groups in total. The second-order valence-electron chi connectivity index (χ2n) is 7.65. The molecule has 2 aromatic rings. The van der Waals surface area contributed by atoms with Gasteiger partial charge >= 0.3 is 0 Å². The summed E-state index contributed by atoms with van der Waals surface area (Å²) in [6.07, 6.45) is 8.22. The number of rotatable bonds is 8. The van der Waals surface area contributed by atoms with E-state index in [4.69, 9.17) is 0 Å². The van der Waals surface area contributed by atoms with Gasteiger partial charge in [0.1, 0.15) is 11.6 Å². The number of aryl methyl sites for hydroxylation is 3. The first kappa shape index (κ1) is 19.5. The van der Waals surface area contributed by atoms with E-state index < -0.39 is 0 Å². The van der Waals surface area contributed by atoms with Crippen LogP contribution in [0.3, 0.4) is 0 Å². The molecule has 1 aliphatic heterocycles. The van der Waals surface area contributed by atoms with E-state index in [0.717, 1.165) is 57.1 Å². The lowest BCUT2D eigenvalue weighted by molar-refractivity contribution is -0.132. The molecular weight excluding hydrogens is 342 g/mol. The summed E-state index contributed by atoms with van der Waals surface area (Å²) in [5.74, 6) is 3.13. The van der Waals surface area contributed by atoms with Gasteiger partial charge in [0, 0.05) is 50.8 Å². The average Bonchev–Trinajstić information content (AvgIpc) is 3.28. The van der Waals surface area contributed by atoms with Crippen molar-refractivity contribution < 1.29 is 4.79 Å². The molecule has 0 saturated carbocycles. The first-order valence-corrected chi connectivity index (χ1v) is 9.84. The van der Waals surface area contributed by atoms with E-state index >= 15 is 0 Å². The van der Waals surface area contributed by atoms with Gasteiger partial charge in [-0.1, -0.05) is 0 Å². The molecule has 0 aromatic carbocycles. The van der Waals surface area contributed by atoms with Crippen molar-refractivity contribution in [1.82, 2.24) is 34.5 Å². The van der Waals surface area contributed by atoms with Crippen molar-refractivity contribution in [2.24, 2.45) is 0 Å². The third-order valence-corrected chi connectivity index (χ3v) is 5.10. The van der Waals surface area contributed by atoms with Gasteiger partial charge in [0.05, 0.1) is 0 Å². The Hall–Kier alpha value is -2.22. The number of nitrogens with one attached hydrogen (secondary N) is 1. The summed E-state index contributed by atoms with van der Waals surface area (Å²) in [7, 11) is 4.19. The van der Waals surface area contributed by atoms with Crippen LogP contribution in [0.15, 0.2) is 12.4 Å². The van der Waals surface area contributed by atoms with Gasteiger partial charge in [-0.2, -0.15) is 5.10 Å². The van der Waals surface area contributed by atoms with Crippen molar-refractivity contribution >= 4 is 5.91 Å². The Morgan fingerprint density at radius 2 is 2.26 bits per heavy atom. The lowest BCUT2D eigenvalue weighted by atomic mass is 9.96. The summed E-state index contributed by atoms with van der Waals surface area (Å²) in [4.78, 5) is 25.7. The number of hydrogen-bond acceptors (Lipinski definition) is 5. The van der Waals surface area contributed by atoms with E-state index in [1.807, 2.05) is 18.0 Å².